The SMILES string of the molecule is COCCNC(=O)c1nc2ccc(F)cc2s1. The first-order valence-corrected chi connectivity index (χ1v) is 5.85. The van der Waals surface area contributed by atoms with E-state index in [0.29, 0.717) is 28.4 Å². The predicted molar refractivity (Wildman–Crippen MR) is 63.8 cm³/mol. The minimum absolute atomic E-state index is 0.261. The van der Waals surface area contributed by atoms with Crippen molar-refractivity contribution >= 4 is 27.5 Å². The van der Waals surface area contributed by atoms with Gasteiger partial charge >= 0.3 is 0 Å². The molecule has 1 amide bonds. The highest BCUT2D eigenvalue weighted by atomic mass is 32.1. The lowest BCUT2D eigenvalue weighted by atomic mass is 10.3. The molecule has 0 fully saturated rings. The summed E-state index contributed by atoms with van der Waals surface area (Å²) in [4.78, 5) is 15.8. The number of aromatic nitrogens is 1. The summed E-state index contributed by atoms with van der Waals surface area (Å²) >= 11 is 1.17. The second-order valence-corrected chi connectivity index (χ2v) is 4.41. The Morgan fingerprint density at radius 1 is 1.59 bits per heavy atom. The summed E-state index contributed by atoms with van der Waals surface area (Å²) in [5.41, 5.74) is 0.633. The van der Waals surface area contributed by atoms with Crippen LogP contribution in [0.1, 0.15) is 9.80 Å². The summed E-state index contributed by atoms with van der Waals surface area (Å²) in [7, 11) is 1.56. The van der Waals surface area contributed by atoms with Gasteiger partial charge in [0.15, 0.2) is 5.01 Å². The van der Waals surface area contributed by atoms with E-state index in [9.17, 15) is 9.18 Å². The molecule has 0 radical (unpaired) electrons. The molecule has 0 aliphatic carbocycles. The molecule has 90 valence electrons. The van der Waals surface area contributed by atoms with Crippen molar-refractivity contribution in [3.63, 3.8) is 0 Å². The van der Waals surface area contributed by atoms with Crippen LogP contribution in [-0.2, 0) is 4.74 Å². The van der Waals surface area contributed by atoms with Gasteiger partial charge in [-0.2, -0.15) is 0 Å². The number of fused-ring (bicyclic) bond motifs is 1. The molecule has 1 aromatic heterocycles. The molecule has 0 saturated carbocycles. The van der Waals surface area contributed by atoms with Gasteiger partial charge in [-0.15, -0.1) is 11.3 Å². The highest BCUT2D eigenvalue weighted by Gasteiger charge is 2.11. The average molecular weight is 254 g/mol. The monoisotopic (exact) mass is 254 g/mol. The second-order valence-electron chi connectivity index (χ2n) is 3.38. The number of nitrogens with zero attached hydrogens (tertiary/aromatic N) is 1. The topological polar surface area (TPSA) is 51.2 Å². The molecular weight excluding hydrogens is 243 g/mol. The third-order valence-corrected chi connectivity index (χ3v) is 3.15. The van der Waals surface area contributed by atoms with Crippen LogP contribution >= 0.6 is 11.3 Å². The lowest BCUT2D eigenvalue weighted by molar-refractivity contribution is 0.0937. The fourth-order valence-corrected chi connectivity index (χ4v) is 2.24. The highest BCUT2D eigenvalue weighted by Crippen LogP contribution is 2.22. The minimum Gasteiger partial charge on any atom is -0.383 e. The smallest absolute Gasteiger partial charge is 0.280 e. The normalized spacial score (nSPS) is 10.7. The van der Waals surface area contributed by atoms with Crippen molar-refractivity contribution in [2.45, 2.75) is 0 Å². The molecule has 1 aromatic carbocycles. The van der Waals surface area contributed by atoms with Gasteiger partial charge in [-0.1, -0.05) is 0 Å². The summed E-state index contributed by atoms with van der Waals surface area (Å²) in [5.74, 6) is -0.587. The van der Waals surface area contributed by atoms with Gasteiger partial charge in [-0.3, -0.25) is 4.79 Å². The summed E-state index contributed by atoms with van der Waals surface area (Å²) in [6, 6.07) is 4.26. The van der Waals surface area contributed by atoms with Gasteiger partial charge in [-0.05, 0) is 18.2 Å². The number of carbonyl (C=O) groups excluding carboxylic acids is 1. The number of nitrogens with one attached hydrogen (secondary N) is 1. The van der Waals surface area contributed by atoms with E-state index >= 15 is 0 Å². The Morgan fingerprint density at radius 2 is 2.41 bits per heavy atom. The third-order valence-electron chi connectivity index (χ3n) is 2.14. The standard InChI is InChI=1S/C11H11FN2O2S/c1-16-5-4-13-10(15)11-14-8-3-2-7(12)6-9(8)17-11/h2-3,6H,4-5H2,1H3,(H,13,15). The van der Waals surface area contributed by atoms with Crippen LogP contribution in [0, 0.1) is 5.82 Å². The fraction of sp³-hybridized carbons (Fsp3) is 0.273. The molecule has 2 rings (SSSR count). The second kappa shape index (κ2) is 5.20. The van der Waals surface area contributed by atoms with Crippen LogP contribution in [-0.4, -0.2) is 31.2 Å². The molecule has 0 spiro atoms. The van der Waals surface area contributed by atoms with Crippen molar-refractivity contribution in [2.75, 3.05) is 20.3 Å². The number of hydrogen-bond acceptors (Lipinski definition) is 4. The first-order valence-electron chi connectivity index (χ1n) is 5.04. The van der Waals surface area contributed by atoms with Crippen molar-refractivity contribution in [3.05, 3.63) is 29.0 Å². The van der Waals surface area contributed by atoms with Crippen LogP contribution in [0.4, 0.5) is 4.39 Å². The largest absolute Gasteiger partial charge is 0.383 e. The summed E-state index contributed by atoms with van der Waals surface area (Å²) in [6.45, 7) is 0.880. The number of methoxy groups -OCH3 is 1. The number of amides is 1. The molecule has 1 heterocycles. The number of benzene rings is 1. The Balaban J connectivity index is 2.15. The molecule has 6 heteroatoms. The van der Waals surface area contributed by atoms with Crippen LogP contribution in [0.15, 0.2) is 18.2 Å². The van der Waals surface area contributed by atoms with Crippen molar-refractivity contribution in [2.24, 2.45) is 0 Å². The number of ether oxygens (including phenoxy) is 1. The number of thiazole rings is 1. The van der Waals surface area contributed by atoms with Crippen LogP contribution < -0.4 is 5.32 Å². The molecule has 0 aliphatic rings. The van der Waals surface area contributed by atoms with E-state index < -0.39 is 0 Å². The number of carbonyl (C=O) groups is 1. The molecule has 0 unspecified atom stereocenters. The van der Waals surface area contributed by atoms with Crippen LogP contribution in [0.2, 0.25) is 0 Å². The Morgan fingerprint density at radius 3 is 3.18 bits per heavy atom. The lowest BCUT2D eigenvalue weighted by Crippen LogP contribution is -2.26. The highest BCUT2D eigenvalue weighted by molar-refractivity contribution is 7.20. The van der Waals surface area contributed by atoms with Gasteiger partial charge in [0.05, 0.1) is 16.8 Å². The Bertz CT molecular complexity index is 541. The molecule has 0 bridgehead atoms. The van der Waals surface area contributed by atoms with Gasteiger partial charge < -0.3 is 10.1 Å². The Labute approximate surface area is 101 Å². The van der Waals surface area contributed by atoms with E-state index in [1.54, 1.807) is 13.2 Å². The maximum absolute atomic E-state index is 13.0. The van der Waals surface area contributed by atoms with Crippen LogP contribution in [0.3, 0.4) is 0 Å². The van der Waals surface area contributed by atoms with Crippen molar-refractivity contribution in [3.8, 4) is 0 Å². The molecule has 1 N–H and O–H groups in total. The summed E-state index contributed by atoms with van der Waals surface area (Å²) < 4.78 is 18.4. The quantitative estimate of drug-likeness (QED) is 0.847. The molecule has 17 heavy (non-hydrogen) atoms. The van der Waals surface area contributed by atoms with Gasteiger partial charge in [0.1, 0.15) is 5.82 Å². The molecular formula is C11H11FN2O2S. The molecule has 0 aliphatic heterocycles. The maximum atomic E-state index is 13.0. The van der Waals surface area contributed by atoms with E-state index in [-0.39, 0.29) is 11.7 Å². The van der Waals surface area contributed by atoms with Crippen molar-refractivity contribution < 1.29 is 13.9 Å². The first kappa shape index (κ1) is 11.9. The fourth-order valence-electron chi connectivity index (χ4n) is 1.34. The van der Waals surface area contributed by atoms with Crippen LogP contribution in [0.5, 0.6) is 0 Å². The van der Waals surface area contributed by atoms with E-state index in [1.807, 2.05) is 0 Å². The van der Waals surface area contributed by atoms with Crippen LogP contribution in [0.25, 0.3) is 10.2 Å². The zero-order chi connectivity index (χ0) is 12.3. The van der Waals surface area contributed by atoms with E-state index in [4.69, 9.17) is 4.74 Å². The predicted octanol–water partition coefficient (Wildman–Crippen LogP) is 1.81. The van der Waals surface area contributed by atoms with E-state index in [1.165, 1.54) is 23.5 Å². The number of rotatable bonds is 4. The number of halogens is 1. The average Bonchev–Trinajstić information content (AvgIpc) is 2.72. The lowest BCUT2D eigenvalue weighted by Gasteiger charge is -2.00. The third kappa shape index (κ3) is 2.78. The summed E-state index contributed by atoms with van der Waals surface area (Å²) in [6.07, 6.45) is 0. The van der Waals surface area contributed by atoms with Gasteiger partial charge in [-0.25, -0.2) is 9.37 Å². The van der Waals surface area contributed by atoms with E-state index in [0.717, 1.165) is 0 Å². The van der Waals surface area contributed by atoms with Gasteiger partial charge in [0, 0.05) is 13.7 Å². The van der Waals surface area contributed by atoms with E-state index in [2.05, 4.69) is 10.3 Å². The molecule has 0 saturated heterocycles. The van der Waals surface area contributed by atoms with Crippen molar-refractivity contribution in [1.29, 1.82) is 0 Å². The zero-order valence-corrected chi connectivity index (χ0v) is 10.0. The van der Waals surface area contributed by atoms with Gasteiger partial charge in [0.2, 0.25) is 0 Å². The first-order chi connectivity index (χ1) is 8.20. The van der Waals surface area contributed by atoms with Gasteiger partial charge in [0.25, 0.3) is 5.91 Å². The molecule has 0 atom stereocenters. The Hall–Kier alpha value is -1.53. The summed E-state index contributed by atoms with van der Waals surface area (Å²) in [5, 5.41) is 3.00. The van der Waals surface area contributed by atoms with Crippen molar-refractivity contribution in [1.82, 2.24) is 10.3 Å². The number of hydrogen-bond donors (Lipinski definition) is 1. The molecule has 4 nitrogen and oxygen atoms in total. The Kier molecular flexibility index (Phi) is 3.65. The minimum atomic E-state index is -0.326. The zero-order valence-electron chi connectivity index (χ0n) is 9.20. The molecule has 2 aromatic rings. The maximum Gasteiger partial charge on any atom is 0.280 e.